The molecule has 27 heavy (non-hydrogen) atoms. The summed E-state index contributed by atoms with van der Waals surface area (Å²) in [5.74, 6) is 0.340. The molecular weight excluding hydrogens is 360 g/mol. The maximum Gasteiger partial charge on any atom is 0.280 e. The zero-order chi connectivity index (χ0) is 18.6. The van der Waals surface area contributed by atoms with E-state index in [0.29, 0.717) is 11.6 Å². The molecule has 8 heteroatoms. The minimum atomic E-state index is -0.248. The molecule has 1 aliphatic heterocycles. The fraction of sp³-hybridized carbons (Fsp3) is 0.316. The molecule has 1 saturated heterocycles. The number of anilines is 2. The van der Waals surface area contributed by atoms with Crippen molar-refractivity contribution >= 4 is 23.0 Å². The van der Waals surface area contributed by atoms with Gasteiger partial charge in [-0.05, 0) is 36.2 Å². The molecule has 4 rings (SSSR count). The van der Waals surface area contributed by atoms with Gasteiger partial charge in [-0.15, -0.1) is 21.5 Å². The van der Waals surface area contributed by atoms with Crippen molar-refractivity contribution in [3.8, 4) is 10.6 Å². The molecular formula is C19H22N6OS. The summed E-state index contributed by atoms with van der Waals surface area (Å²) in [6, 6.07) is 11.9. The summed E-state index contributed by atoms with van der Waals surface area (Å²) in [7, 11) is 2.16. The molecule has 140 valence electrons. The first kappa shape index (κ1) is 17.8. The molecule has 2 N–H and O–H groups in total. The number of piperazine rings is 1. The fourth-order valence-electron chi connectivity index (χ4n) is 3.06. The lowest BCUT2D eigenvalue weighted by Gasteiger charge is -2.32. The predicted octanol–water partition coefficient (Wildman–Crippen LogP) is 2.38. The van der Waals surface area contributed by atoms with E-state index in [1.165, 1.54) is 16.9 Å². The van der Waals surface area contributed by atoms with Crippen LogP contribution in [0.4, 0.5) is 11.6 Å². The van der Waals surface area contributed by atoms with Gasteiger partial charge in [0.1, 0.15) is 0 Å². The lowest BCUT2D eigenvalue weighted by atomic mass is 10.2. The molecule has 1 aliphatic rings. The Balaban J connectivity index is 1.40. The van der Waals surface area contributed by atoms with Gasteiger partial charge in [0, 0.05) is 38.4 Å². The number of nitrogens with zero attached hydrogens (tertiary/aromatic N) is 4. The highest BCUT2D eigenvalue weighted by Gasteiger charge is 2.14. The van der Waals surface area contributed by atoms with E-state index < -0.39 is 0 Å². The Labute approximate surface area is 161 Å². The number of hydrogen-bond donors (Lipinski definition) is 2. The number of nitrogens with one attached hydrogen (secondary N) is 2. The first-order chi connectivity index (χ1) is 13.2. The highest BCUT2D eigenvalue weighted by molar-refractivity contribution is 7.13. The summed E-state index contributed by atoms with van der Waals surface area (Å²) in [4.78, 5) is 20.6. The number of aromatic nitrogens is 3. The number of hydrogen-bond acceptors (Lipinski definition) is 7. The number of aromatic amines is 1. The van der Waals surface area contributed by atoms with Gasteiger partial charge in [0.25, 0.3) is 5.56 Å². The normalized spacial score (nSPS) is 15.7. The molecule has 0 radical (unpaired) electrons. The maximum absolute atomic E-state index is 12.2. The van der Waals surface area contributed by atoms with Crippen LogP contribution in [0.5, 0.6) is 0 Å². The van der Waals surface area contributed by atoms with E-state index in [1.54, 1.807) is 0 Å². The molecule has 2 aromatic heterocycles. The summed E-state index contributed by atoms with van der Waals surface area (Å²) in [6.07, 6.45) is 0. The van der Waals surface area contributed by atoms with Crippen molar-refractivity contribution in [2.75, 3.05) is 38.5 Å². The second kappa shape index (κ2) is 7.99. The topological polar surface area (TPSA) is 77.2 Å². The summed E-state index contributed by atoms with van der Waals surface area (Å²) in [6.45, 7) is 5.40. The standard InChI is InChI=1S/C19H22N6OS/c1-24-8-10-25(11-9-24)13-14-4-6-15(7-5-14)20-19-21-18(26)17(22-23-19)16-3-2-12-27-16/h2-7,12H,8-11,13H2,1H3,(H2,20,21,23,26). The van der Waals surface area contributed by atoms with Crippen LogP contribution in [-0.4, -0.2) is 58.2 Å². The van der Waals surface area contributed by atoms with Crippen LogP contribution in [0.1, 0.15) is 5.56 Å². The van der Waals surface area contributed by atoms with Crippen LogP contribution in [0.2, 0.25) is 0 Å². The van der Waals surface area contributed by atoms with Crippen molar-refractivity contribution < 1.29 is 0 Å². The average Bonchev–Trinajstić information content (AvgIpc) is 3.20. The van der Waals surface area contributed by atoms with E-state index in [9.17, 15) is 4.79 Å². The zero-order valence-corrected chi connectivity index (χ0v) is 16.0. The fourth-order valence-corrected chi connectivity index (χ4v) is 3.77. The monoisotopic (exact) mass is 382 g/mol. The summed E-state index contributed by atoms with van der Waals surface area (Å²) >= 11 is 1.47. The SMILES string of the molecule is CN1CCN(Cc2ccc(Nc3nnc(-c4cccs4)c(=O)[nH]3)cc2)CC1. The Kier molecular flexibility index (Phi) is 5.28. The van der Waals surface area contributed by atoms with Gasteiger partial charge < -0.3 is 10.2 Å². The molecule has 0 atom stereocenters. The minimum Gasteiger partial charge on any atom is -0.324 e. The molecule has 7 nitrogen and oxygen atoms in total. The lowest BCUT2D eigenvalue weighted by Crippen LogP contribution is -2.43. The molecule has 0 amide bonds. The van der Waals surface area contributed by atoms with Crippen molar-refractivity contribution in [2.24, 2.45) is 0 Å². The molecule has 1 fully saturated rings. The highest BCUT2D eigenvalue weighted by atomic mass is 32.1. The Bertz CT molecular complexity index is 930. The van der Waals surface area contributed by atoms with Gasteiger partial charge in [-0.2, -0.15) is 0 Å². The number of rotatable bonds is 5. The van der Waals surface area contributed by atoms with E-state index in [0.717, 1.165) is 43.3 Å². The van der Waals surface area contributed by atoms with Gasteiger partial charge >= 0.3 is 0 Å². The van der Waals surface area contributed by atoms with Gasteiger partial charge in [-0.3, -0.25) is 14.7 Å². The first-order valence-electron chi connectivity index (χ1n) is 8.95. The predicted molar refractivity (Wildman–Crippen MR) is 108 cm³/mol. The van der Waals surface area contributed by atoms with Crippen LogP contribution in [0.25, 0.3) is 10.6 Å². The van der Waals surface area contributed by atoms with Crippen molar-refractivity contribution in [1.29, 1.82) is 0 Å². The highest BCUT2D eigenvalue weighted by Crippen LogP contribution is 2.19. The van der Waals surface area contributed by atoms with Crippen LogP contribution in [0.3, 0.4) is 0 Å². The second-order valence-corrected chi connectivity index (χ2v) is 7.68. The van der Waals surface area contributed by atoms with Crippen molar-refractivity contribution in [1.82, 2.24) is 25.0 Å². The van der Waals surface area contributed by atoms with Crippen LogP contribution >= 0.6 is 11.3 Å². The van der Waals surface area contributed by atoms with Gasteiger partial charge in [-0.1, -0.05) is 18.2 Å². The molecule has 0 spiro atoms. The molecule has 3 aromatic rings. The smallest absolute Gasteiger partial charge is 0.280 e. The van der Waals surface area contributed by atoms with Crippen LogP contribution in [0.15, 0.2) is 46.6 Å². The Hall–Kier alpha value is -2.55. The van der Waals surface area contributed by atoms with E-state index in [2.05, 4.69) is 49.5 Å². The Morgan fingerprint density at radius 2 is 1.89 bits per heavy atom. The van der Waals surface area contributed by atoms with Crippen LogP contribution in [-0.2, 0) is 6.54 Å². The zero-order valence-electron chi connectivity index (χ0n) is 15.2. The van der Waals surface area contributed by atoms with E-state index in [-0.39, 0.29) is 5.56 Å². The summed E-state index contributed by atoms with van der Waals surface area (Å²) in [5.41, 5.74) is 2.24. The van der Waals surface area contributed by atoms with Crippen LogP contribution < -0.4 is 10.9 Å². The number of likely N-dealkylation sites (N-methyl/N-ethyl adjacent to an activating group) is 1. The van der Waals surface area contributed by atoms with E-state index >= 15 is 0 Å². The molecule has 0 bridgehead atoms. The minimum absolute atomic E-state index is 0.248. The Morgan fingerprint density at radius 3 is 2.56 bits per heavy atom. The van der Waals surface area contributed by atoms with E-state index in [4.69, 9.17) is 0 Å². The van der Waals surface area contributed by atoms with Crippen molar-refractivity contribution in [3.63, 3.8) is 0 Å². The quantitative estimate of drug-likeness (QED) is 0.706. The number of benzene rings is 1. The third-order valence-corrected chi connectivity index (χ3v) is 5.55. The molecule has 1 aromatic carbocycles. The molecule has 0 unspecified atom stereocenters. The van der Waals surface area contributed by atoms with Gasteiger partial charge in [-0.25, -0.2) is 0 Å². The molecule has 3 heterocycles. The van der Waals surface area contributed by atoms with Crippen molar-refractivity contribution in [3.05, 3.63) is 57.7 Å². The van der Waals surface area contributed by atoms with Gasteiger partial charge in [0.05, 0.1) is 4.88 Å². The van der Waals surface area contributed by atoms with Crippen molar-refractivity contribution in [2.45, 2.75) is 6.54 Å². The molecule has 0 aliphatic carbocycles. The van der Waals surface area contributed by atoms with E-state index in [1.807, 2.05) is 29.6 Å². The van der Waals surface area contributed by atoms with Crippen LogP contribution in [0, 0.1) is 0 Å². The third kappa shape index (κ3) is 4.41. The Morgan fingerprint density at radius 1 is 1.11 bits per heavy atom. The summed E-state index contributed by atoms with van der Waals surface area (Å²) < 4.78 is 0. The third-order valence-electron chi connectivity index (χ3n) is 4.67. The largest absolute Gasteiger partial charge is 0.324 e. The van der Waals surface area contributed by atoms with Gasteiger partial charge in [0.2, 0.25) is 5.95 Å². The lowest BCUT2D eigenvalue weighted by molar-refractivity contribution is 0.148. The summed E-state index contributed by atoms with van der Waals surface area (Å²) in [5, 5.41) is 13.2. The number of thiophene rings is 1. The maximum atomic E-state index is 12.2. The van der Waals surface area contributed by atoms with Gasteiger partial charge in [0.15, 0.2) is 5.69 Å². The number of H-pyrrole nitrogens is 1. The second-order valence-electron chi connectivity index (χ2n) is 6.73. The average molecular weight is 382 g/mol. The first-order valence-corrected chi connectivity index (χ1v) is 9.83. The molecule has 0 saturated carbocycles.